The molecule has 0 aliphatic heterocycles. The van der Waals surface area contributed by atoms with Crippen molar-refractivity contribution in [2.24, 2.45) is 5.84 Å². The van der Waals surface area contributed by atoms with Crippen LogP contribution in [-0.2, 0) is 0 Å². The first kappa shape index (κ1) is 14.4. The van der Waals surface area contributed by atoms with Gasteiger partial charge in [-0.1, -0.05) is 53.5 Å². The van der Waals surface area contributed by atoms with Gasteiger partial charge in [0, 0.05) is 10.4 Å². The van der Waals surface area contributed by atoms with Crippen molar-refractivity contribution in [1.82, 2.24) is 5.43 Å². The Morgan fingerprint density at radius 1 is 1.14 bits per heavy atom. The summed E-state index contributed by atoms with van der Waals surface area (Å²) in [5, 5.41) is 2.18. The minimum Gasteiger partial charge on any atom is -0.457 e. The fourth-order valence-electron chi connectivity index (χ4n) is 2.41. The maximum atomic E-state index is 6.38. The molecule has 21 heavy (non-hydrogen) atoms. The van der Waals surface area contributed by atoms with Crippen molar-refractivity contribution in [3.63, 3.8) is 0 Å². The highest BCUT2D eigenvalue weighted by Crippen LogP contribution is 2.34. The molecule has 108 valence electrons. The van der Waals surface area contributed by atoms with Gasteiger partial charge in [-0.05, 0) is 30.2 Å². The zero-order valence-corrected chi connectivity index (χ0v) is 12.9. The van der Waals surface area contributed by atoms with E-state index in [2.05, 4.69) is 5.43 Å². The fraction of sp³-hybridized carbons (Fsp3) is 0.125. The molecule has 0 fully saturated rings. The molecule has 1 aromatic heterocycles. The van der Waals surface area contributed by atoms with Crippen molar-refractivity contribution >= 4 is 34.2 Å². The summed E-state index contributed by atoms with van der Waals surface area (Å²) in [6.45, 7) is 1.95. The molecule has 0 saturated heterocycles. The normalized spacial score (nSPS) is 12.8. The van der Waals surface area contributed by atoms with E-state index < -0.39 is 0 Å². The first-order valence-corrected chi connectivity index (χ1v) is 7.26. The number of halogens is 2. The topological polar surface area (TPSA) is 51.2 Å². The molecule has 3 nitrogen and oxygen atoms in total. The van der Waals surface area contributed by atoms with Gasteiger partial charge >= 0.3 is 0 Å². The van der Waals surface area contributed by atoms with E-state index >= 15 is 0 Å². The van der Waals surface area contributed by atoms with E-state index in [0.717, 1.165) is 16.5 Å². The molecule has 2 aromatic carbocycles. The fourth-order valence-corrected chi connectivity index (χ4v) is 2.86. The number of furan rings is 1. The first-order chi connectivity index (χ1) is 10.1. The number of hydrogen-bond donors (Lipinski definition) is 2. The van der Waals surface area contributed by atoms with Crippen molar-refractivity contribution in [3.05, 3.63) is 69.4 Å². The monoisotopic (exact) mass is 320 g/mol. The number of nitrogens with two attached hydrogens (primary N) is 1. The summed E-state index contributed by atoms with van der Waals surface area (Å²) < 4.78 is 5.87. The molecule has 0 spiro atoms. The largest absolute Gasteiger partial charge is 0.457 e. The molecular formula is C16H14Cl2N2O. The predicted octanol–water partition coefficient (Wildman–Crippen LogP) is 4.60. The van der Waals surface area contributed by atoms with E-state index in [9.17, 15) is 0 Å². The number of benzene rings is 2. The molecule has 1 atom stereocenters. The van der Waals surface area contributed by atoms with Crippen LogP contribution in [0.5, 0.6) is 0 Å². The quantitative estimate of drug-likeness (QED) is 0.547. The van der Waals surface area contributed by atoms with Crippen molar-refractivity contribution in [3.8, 4) is 0 Å². The maximum absolute atomic E-state index is 6.38. The van der Waals surface area contributed by atoms with Gasteiger partial charge in [-0.2, -0.15) is 0 Å². The average Bonchev–Trinajstić information content (AvgIpc) is 2.89. The highest BCUT2D eigenvalue weighted by molar-refractivity contribution is 6.34. The predicted molar refractivity (Wildman–Crippen MR) is 86.6 cm³/mol. The molecule has 0 amide bonds. The Labute approximate surface area is 132 Å². The highest BCUT2D eigenvalue weighted by Gasteiger charge is 2.21. The number of hydrazine groups is 1. The molecule has 5 heteroatoms. The molecule has 0 aliphatic rings. The summed E-state index contributed by atoms with van der Waals surface area (Å²) in [6.07, 6.45) is 0. The Morgan fingerprint density at radius 3 is 2.62 bits per heavy atom. The van der Waals surface area contributed by atoms with Gasteiger partial charge in [0.25, 0.3) is 0 Å². The number of nitrogens with one attached hydrogen (secondary N) is 1. The zero-order chi connectivity index (χ0) is 15.0. The van der Waals surface area contributed by atoms with Gasteiger partial charge in [0.1, 0.15) is 11.8 Å². The van der Waals surface area contributed by atoms with Gasteiger partial charge in [0.05, 0.1) is 5.02 Å². The molecule has 3 rings (SSSR count). The minimum atomic E-state index is -0.333. The molecule has 1 unspecified atom stereocenters. The van der Waals surface area contributed by atoms with E-state index in [1.807, 2.05) is 43.3 Å². The smallest absolute Gasteiger partial charge is 0.152 e. The third-order valence-corrected chi connectivity index (χ3v) is 4.31. The third-order valence-electron chi connectivity index (χ3n) is 3.50. The molecule has 0 bridgehead atoms. The maximum Gasteiger partial charge on any atom is 0.152 e. The van der Waals surface area contributed by atoms with E-state index in [4.69, 9.17) is 33.5 Å². The molecule has 0 saturated carbocycles. The lowest BCUT2D eigenvalue weighted by atomic mass is 10.0. The van der Waals surface area contributed by atoms with Crippen molar-refractivity contribution in [1.29, 1.82) is 0 Å². The van der Waals surface area contributed by atoms with Crippen LogP contribution in [0.15, 0.2) is 46.9 Å². The number of aryl methyl sites for hydroxylation is 1. The van der Waals surface area contributed by atoms with Crippen LogP contribution in [0.25, 0.3) is 11.0 Å². The summed E-state index contributed by atoms with van der Waals surface area (Å²) in [5.74, 6) is 6.39. The van der Waals surface area contributed by atoms with Crippen LogP contribution < -0.4 is 11.3 Å². The summed E-state index contributed by atoms with van der Waals surface area (Å²) in [7, 11) is 0. The number of fused-ring (bicyclic) bond motifs is 1. The molecular weight excluding hydrogens is 307 g/mol. The second-order valence-electron chi connectivity index (χ2n) is 4.88. The third kappa shape index (κ3) is 2.54. The Kier molecular flexibility index (Phi) is 3.91. The van der Waals surface area contributed by atoms with Gasteiger partial charge in [0.15, 0.2) is 5.58 Å². The number of para-hydroxylation sites is 1. The lowest BCUT2D eigenvalue weighted by Crippen LogP contribution is -2.28. The van der Waals surface area contributed by atoms with Gasteiger partial charge in [-0.3, -0.25) is 5.84 Å². The van der Waals surface area contributed by atoms with Gasteiger partial charge in [0.2, 0.25) is 0 Å². The molecule has 0 aliphatic carbocycles. The van der Waals surface area contributed by atoms with Crippen LogP contribution in [0.1, 0.15) is 22.9 Å². The summed E-state index contributed by atoms with van der Waals surface area (Å²) in [5.41, 5.74) is 5.27. The lowest BCUT2D eigenvalue weighted by Gasteiger charge is -2.16. The summed E-state index contributed by atoms with van der Waals surface area (Å²) in [4.78, 5) is 0. The second kappa shape index (κ2) is 5.70. The van der Waals surface area contributed by atoms with Crippen LogP contribution in [0.4, 0.5) is 0 Å². The summed E-state index contributed by atoms with van der Waals surface area (Å²) >= 11 is 12.5. The van der Waals surface area contributed by atoms with Crippen LogP contribution in [-0.4, -0.2) is 0 Å². The first-order valence-electron chi connectivity index (χ1n) is 6.51. The number of rotatable bonds is 3. The lowest BCUT2D eigenvalue weighted by molar-refractivity contribution is 0.477. The van der Waals surface area contributed by atoms with Crippen molar-refractivity contribution in [2.45, 2.75) is 13.0 Å². The van der Waals surface area contributed by atoms with Gasteiger partial charge in [-0.25, -0.2) is 5.43 Å². The van der Waals surface area contributed by atoms with E-state index in [-0.39, 0.29) is 6.04 Å². The van der Waals surface area contributed by atoms with E-state index in [1.165, 1.54) is 0 Å². The van der Waals surface area contributed by atoms with Crippen LogP contribution in [0.2, 0.25) is 10.0 Å². The molecule has 1 heterocycles. The summed E-state index contributed by atoms with van der Waals surface area (Å²) in [6, 6.07) is 13.0. The number of hydrogen-bond acceptors (Lipinski definition) is 3. The van der Waals surface area contributed by atoms with E-state index in [0.29, 0.717) is 21.4 Å². The standard InChI is InChI=1S/C16H14Cl2N2O/c1-9-4-2-6-11(14(9)18)15(20-19)13-8-10-5-3-7-12(17)16(10)21-13/h2-8,15,20H,19H2,1H3. The second-order valence-corrected chi connectivity index (χ2v) is 5.67. The highest BCUT2D eigenvalue weighted by atomic mass is 35.5. The van der Waals surface area contributed by atoms with Gasteiger partial charge in [-0.15, -0.1) is 0 Å². The minimum absolute atomic E-state index is 0.333. The van der Waals surface area contributed by atoms with E-state index in [1.54, 1.807) is 6.07 Å². The SMILES string of the molecule is Cc1cccc(C(NN)c2cc3cccc(Cl)c3o2)c1Cl. The van der Waals surface area contributed by atoms with Crippen molar-refractivity contribution < 1.29 is 4.42 Å². The van der Waals surface area contributed by atoms with Crippen LogP contribution >= 0.6 is 23.2 Å². The van der Waals surface area contributed by atoms with Crippen LogP contribution in [0, 0.1) is 6.92 Å². The molecule has 3 aromatic rings. The average molecular weight is 321 g/mol. The zero-order valence-electron chi connectivity index (χ0n) is 11.4. The van der Waals surface area contributed by atoms with Crippen molar-refractivity contribution in [2.75, 3.05) is 0 Å². The Bertz CT molecular complexity index is 798. The molecule has 0 radical (unpaired) electrons. The Balaban J connectivity index is 2.14. The Hall–Kier alpha value is -1.52. The molecule has 3 N–H and O–H groups in total. The Morgan fingerprint density at radius 2 is 1.90 bits per heavy atom. The van der Waals surface area contributed by atoms with Crippen LogP contribution in [0.3, 0.4) is 0 Å². The van der Waals surface area contributed by atoms with Gasteiger partial charge < -0.3 is 4.42 Å².